The maximum Gasteiger partial charge on any atom is 0.316 e. The minimum Gasteiger partial charge on any atom is -0.459 e. The summed E-state index contributed by atoms with van der Waals surface area (Å²) in [7, 11) is 0. The minimum absolute atomic E-state index is 0.259. The Morgan fingerprint density at radius 2 is 2.07 bits per heavy atom. The summed E-state index contributed by atoms with van der Waals surface area (Å²) in [6.07, 6.45) is 8.07. The number of esters is 1. The molecule has 0 aromatic heterocycles. The van der Waals surface area contributed by atoms with E-state index in [0.717, 1.165) is 0 Å². The Morgan fingerprint density at radius 3 is 2.50 bits per heavy atom. The van der Waals surface area contributed by atoms with Crippen LogP contribution in [0.25, 0.3) is 0 Å². The smallest absolute Gasteiger partial charge is 0.316 e. The van der Waals surface area contributed by atoms with Crippen molar-refractivity contribution in [3.05, 3.63) is 31.2 Å². The van der Waals surface area contributed by atoms with Crippen molar-refractivity contribution < 1.29 is 9.53 Å². The lowest BCUT2D eigenvalue weighted by Gasteiger charge is -2.29. The van der Waals surface area contributed by atoms with Gasteiger partial charge in [0.2, 0.25) is 0 Å². The third-order valence-electron chi connectivity index (χ3n) is 1.95. The highest BCUT2D eigenvalue weighted by atomic mass is 16.6. The monoisotopic (exact) mass is 193 g/mol. The Bertz CT molecular complexity index is 281. The van der Waals surface area contributed by atoms with Crippen molar-refractivity contribution >= 4 is 5.97 Å². The molecule has 0 aromatic rings. The Labute approximate surface area is 85.6 Å². The normalized spacial score (nSPS) is 26.3. The zero-order valence-corrected chi connectivity index (χ0v) is 9.04. The lowest BCUT2D eigenvalue weighted by Crippen LogP contribution is -2.35. The molecular weight excluding hydrogens is 176 g/mol. The van der Waals surface area contributed by atoms with Crippen LogP contribution < -0.4 is 0 Å². The van der Waals surface area contributed by atoms with Gasteiger partial charge in [0.25, 0.3) is 0 Å². The van der Waals surface area contributed by atoms with Gasteiger partial charge in [-0.2, -0.15) is 0 Å². The van der Waals surface area contributed by atoms with Gasteiger partial charge in [0.15, 0.2) is 0 Å². The van der Waals surface area contributed by atoms with Gasteiger partial charge in [0, 0.05) is 0 Å². The fraction of sp³-hybridized carbons (Fsp3) is 0.500. The summed E-state index contributed by atoms with van der Waals surface area (Å²) in [6, 6.07) is 0. The van der Waals surface area contributed by atoms with Gasteiger partial charge in [-0.25, -0.2) is 0 Å². The van der Waals surface area contributed by atoms with E-state index in [2.05, 4.69) is 6.92 Å². The first kappa shape index (κ1) is 11.0. The molecule has 1 aliphatic carbocycles. The fourth-order valence-electron chi connectivity index (χ4n) is 1.20. The van der Waals surface area contributed by atoms with Crippen LogP contribution in [0.4, 0.5) is 0 Å². The van der Waals surface area contributed by atoms with Crippen molar-refractivity contribution in [2.45, 2.75) is 32.8 Å². The largest absolute Gasteiger partial charge is 0.459 e. The van der Waals surface area contributed by atoms with Gasteiger partial charge >= 0.3 is 5.97 Å². The average Bonchev–Trinajstić information content (AvgIpc) is 2.02. The molecule has 2 nitrogen and oxygen atoms in total. The molecule has 0 saturated heterocycles. The van der Waals surface area contributed by atoms with E-state index >= 15 is 0 Å². The third-order valence-corrected chi connectivity index (χ3v) is 1.95. The van der Waals surface area contributed by atoms with Crippen molar-refractivity contribution in [1.82, 2.24) is 0 Å². The van der Waals surface area contributed by atoms with Crippen LogP contribution in [0.2, 0.25) is 0 Å². The Balaban J connectivity index is 2.69. The Morgan fingerprint density at radius 1 is 1.43 bits per heavy atom. The molecule has 0 amide bonds. The van der Waals surface area contributed by atoms with E-state index in [1.54, 1.807) is 6.08 Å². The topological polar surface area (TPSA) is 26.3 Å². The molecule has 1 unspecified atom stereocenters. The van der Waals surface area contributed by atoms with Crippen molar-refractivity contribution in [2.75, 3.05) is 0 Å². The maximum absolute atomic E-state index is 11.8. The van der Waals surface area contributed by atoms with Crippen LogP contribution in [0.15, 0.2) is 24.3 Å². The number of ether oxygens (including phenoxy) is 1. The van der Waals surface area contributed by atoms with E-state index in [0.29, 0.717) is 6.42 Å². The van der Waals surface area contributed by atoms with Crippen molar-refractivity contribution in [2.24, 2.45) is 5.41 Å². The SMILES string of the molecule is [CH2]C1(C(=O)OC(C)(C)C)C=CC=CC1. The van der Waals surface area contributed by atoms with Crippen LogP contribution in [-0.4, -0.2) is 11.6 Å². The molecule has 0 saturated carbocycles. The molecule has 0 aromatic carbocycles. The van der Waals surface area contributed by atoms with Crippen LogP contribution in [0.3, 0.4) is 0 Å². The number of rotatable bonds is 1. The van der Waals surface area contributed by atoms with Crippen LogP contribution in [0.5, 0.6) is 0 Å². The molecule has 2 heteroatoms. The van der Waals surface area contributed by atoms with Crippen molar-refractivity contribution in [3.8, 4) is 0 Å². The quantitative estimate of drug-likeness (QED) is 0.598. The highest BCUT2D eigenvalue weighted by molar-refractivity contribution is 5.81. The van der Waals surface area contributed by atoms with E-state index < -0.39 is 11.0 Å². The summed E-state index contributed by atoms with van der Waals surface area (Å²) in [4.78, 5) is 11.8. The second-order valence-corrected chi connectivity index (χ2v) is 4.65. The van der Waals surface area contributed by atoms with Crippen molar-refractivity contribution in [3.63, 3.8) is 0 Å². The second kappa shape index (κ2) is 3.60. The molecule has 1 rings (SSSR count). The lowest BCUT2D eigenvalue weighted by molar-refractivity contribution is -0.162. The Kier molecular flexibility index (Phi) is 2.84. The maximum atomic E-state index is 11.8. The molecule has 1 aliphatic rings. The molecular formula is C12H17O2. The summed E-state index contributed by atoms with van der Waals surface area (Å²) >= 11 is 0. The first-order valence-corrected chi connectivity index (χ1v) is 4.77. The van der Waals surface area contributed by atoms with Crippen LogP contribution >= 0.6 is 0 Å². The van der Waals surface area contributed by atoms with Gasteiger partial charge in [-0.05, 0) is 34.1 Å². The molecule has 0 aliphatic heterocycles. The zero-order valence-electron chi connectivity index (χ0n) is 9.04. The fourth-order valence-corrected chi connectivity index (χ4v) is 1.20. The summed E-state index contributed by atoms with van der Waals surface area (Å²) in [6.45, 7) is 9.47. The zero-order chi connectivity index (χ0) is 10.8. The summed E-state index contributed by atoms with van der Waals surface area (Å²) in [5.41, 5.74) is -1.18. The van der Waals surface area contributed by atoms with E-state index in [4.69, 9.17) is 4.74 Å². The van der Waals surface area contributed by atoms with Gasteiger partial charge < -0.3 is 4.74 Å². The highest BCUT2D eigenvalue weighted by Crippen LogP contribution is 2.29. The second-order valence-electron chi connectivity index (χ2n) is 4.65. The van der Waals surface area contributed by atoms with E-state index in [1.807, 2.05) is 39.0 Å². The molecule has 77 valence electrons. The lowest BCUT2D eigenvalue weighted by atomic mass is 9.84. The number of hydrogen-bond donors (Lipinski definition) is 0. The van der Waals surface area contributed by atoms with E-state index in [9.17, 15) is 4.79 Å². The molecule has 0 heterocycles. The molecule has 0 N–H and O–H groups in total. The Hall–Kier alpha value is -1.05. The third kappa shape index (κ3) is 2.72. The highest BCUT2D eigenvalue weighted by Gasteiger charge is 2.34. The van der Waals surface area contributed by atoms with Crippen LogP contribution in [0, 0.1) is 12.3 Å². The van der Waals surface area contributed by atoms with Gasteiger partial charge in [-0.1, -0.05) is 24.3 Å². The molecule has 0 bridgehead atoms. The molecule has 0 spiro atoms. The van der Waals surface area contributed by atoms with E-state index in [1.165, 1.54) is 0 Å². The van der Waals surface area contributed by atoms with Crippen LogP contribution in [-0.2, 0) is 9.53 Å². The van der Waals surface area contributed by atoms with Gasteiger partial charge in [-0.15, -0.1) is 0 Å². The molecule has 1 radical (unpaired) electrons. The molecule has 1 atom stereocenters. The number of allylic oxidation sites excluding steroid dienone is 3. The summed E-state index contributed by atoms with van der Waals surface area (Å²) in [5, 5.41) is 0. The predicted octanol–water partition coefficient (Wildman–Crippen LogP) is 2.66. The predicted molar refractivity (Wildman–Crippen MR) is 56.5 cm³/mol. The van der Waals surface area contributed by atoms with Gasteiger partial charge in [-0.3, -0.25) is 4.79 Å². The molecule has 0 fully saturated rings. The average molecular weight is 193 g/mol. The minimum atomic E-state index is -0.734. The standard InChI is InChI=1S/C12H17O2/c1-11(2,3)14-10(13)12(4)8-6-5-7-9-12/h5-8H,4,9H2,1-3H3. The van der Waals surface area contributed by atoms with E-state index in [-0.39, 0.29) is 5.97 Å². The number of carbonyl (C=O) groups excluding carboxylic acids is 1. The molecule has 14 heavy (non-hydrogen) atoms. The summed E-state index contributed by atoms with van der Waals surface area (Å²) in [5.74, 6) is -0.259. The number of hydrogen-bond acceptors (Lipinski definition) is 2. The van der Waals surface area contributed by atoms with Crippen LogP contribution in [0.1, 0.15) is 27.2 Å². The number of carbonyl (C=O) groups is 1. The van der Waals surface area contributed by atoms with Gasteiger partial charge in [0.05, 0.1) is 5.41 Å². The summed E-state index contributed by atoms with van der Waals surface area (Å²) < 4.78 is 5.29. The van der Waals surface area contributed by atoms with Gasteiger partial charge in [0.1, 0.15) is 5.60 Å². The first-order chi connectivity index (χ1) is 6.33. The van der Waals surface area contributed by atoms with Crippen molar-refractivity contribution in [1.29, 1.82) is 0 Å². The first-order valence-electron chi connectivity index (χ1n) is 4.77.